The number of nitrogens with zero attached hydrogens (tertiary/aromatic N) is 1. The summed E-state index contributed by atoms with van der Waals surface area (Å²) >= 11 is 0. The van der Waals surface area contributed by atoms with Crippen molar-refractivity contribution in [2.75, 3.05) is 47.5 Å². The number of carbonyl (C=O) groups excluding carboxylic acids is 3. The Morgan fingerprint density at radius 1 is 0.377 bits per heavy atom. The molecule has 0 aromatic rings. The van der Waals surface area contributed by atoms with Crippen LogP contribution in [0.5, 0.6) is 0 Å². The number of likely N-dealkylation sites (N-methyl/N-ethyl adjacent to an activating group) is 1. The molecular formula is C60H117NO8. The van der Waals surface area contributed by atoms with Crippen LogP contribution in [0.2, 0.25) is 0 Å². The molecule has 0 aromatic heterocycles. The summed E-state index contributed by atoms with van der Waals surface area (Å²) in [6.07, 6.45) is 55.9. The lowest BCUT2D eigenvalue weighted by Gasteiger charge is -2.26. The highest BCUT2D eigenvalue weighted by molar-refractivity contribution is 5.70. The highest BCUT2D eigenvalue weighted by atomic mass is 16.7. The molecule has 410 valence electrons. The van der Waals surface area contributed by atoms with Crippen LogP contribution in [0.15, 0.2) is 0 Å². The number of aliphatic carboxylic acids is 1. The van der Waals surface area contributed by atoms with Crippen molar-refractivity contribution in [3.8, 4) is 0 Å². The van der Waals surface area contributed by atoms with E-state index in [1.54, 1.807) is 0 Å². The minimum absolute atomic E-state index is 0.153. The van der Waals surface area contributed by atoms with E-state index < -0.39 is 24.3 Å². The first-order chi connectivity index (χ1) is 33.6. The molecule has 9 nitrogen and oxygen atoms in total. The van der Waals surface area contributed by atoms with Crippen LogP contribution in [-0.4, -0.2) is 82.3 Å². The van der Waals surface area contributed by atoms with E-state index in [-0.39, 0.29) is 32.2 Å². The maximum absolute atomic E-state index is 12.9. The van der Waals surface area contributed by atoms with Gasteiger partial charge < -0.3 is 33.3 Å². The number of carbonyl (C=O) groups is 3. The summed E-state index contributed by atoms with van der Waals surface area (Å²) in [4.78, 5) is 37.2. The number of carboxylic acids is 1. The second-order valence-corrected chi connectivity index (χ2v) is 22.0. The molecule has 0 fully saturated rings. The molecule has 0 bridgehead atoms. The number of hydrogen-bond acceptors (Lipinski definition) is 8. The fraction of sp³-hybridized carbons (Fsp3) is 0.950. The molecule has 0 aliphatic heterocycles. The molecule has 0 aliphatic carbocycles. The molecule has 9 heteroatoms. The zero-order chi connectivity index (χ0) is 50.6. The number of rotatable bonds is 57. The number of ether oxygens (including phenoxy) is 4. The Morgan fingerprint density at radius 3 is 0.928 bits per heavy atom. The van der Waals surface area contributed by atoms with Crippen molar-refractivity contribution in [1.82, 2.24) is 0 Å². The van der Waals surface area contributed by atoms with E-state index in [1.165, 1.54) is 244 Å². The second-order valence-electron chi connectivity index (χ2n) is 22.0. The number of unbranched alkanes of at least 4 members (excludes halogenated alkanes) is 42. The van der Waals surface area contributed by atoms with Crippen molar-refractivity contribution in [1.29, 1.82) is 0 Å². The minimum Gasteiger partial charge on any atom is -0.545 e. The van der Waals surface area contributed by atoms with E-state index in [1.807, 2.05) is 21.1 Å². The average Bonchev–Trinajstić information content (AvgIpc) is 3.31. The predicted molar refractivity (Wildman–Crippen MR) is 288 cm³/mol. The summed E-state index contributed by atoms with van der Waals surface area (Å²) < 4.78 is 22.7. The first kappa shape index (κ1) is 67.3. The van der Waals surface area contributed by atoms with E-state index in [4.69, 9.17) is 18.9 Å². The molecule has 0 amide bonds. The van der Waals surface area contributed by atoms with Crippen LogP contribution in [0.3, 0.4) is 0 Å². The monoisotopic (exact) mass is 980 g/mol. The Kier molecular flexibility index (Phi) is 51.3. The summed E-state index contributed by atoms with van der Waals surface area (Å²) in [5, 5.41) is 11.8. The molecule has 0 aliphatic rings. The molecule has 2 atom stereocenters. The van der Waals surface area contributed by atoms with Gasteiger partial charge in [-0.3, -0.25) is 9.59 Å². The summed E-state index contributed by atoms with van der Waals surface area (Å²) in [5.41, 5.74) is 0. The SMILES string of the molecule is CCCCCCCCCCCCCCCCCCCCCCCCCCCCCCCC(=O)OC(COC(=O)CCCCCCCCCCCCCCCCC)COC(OCC[N+](C)(C)C)C(=O)[O-]. The number of quaternary nitrogens is 1. The lowest BCUT2D eigenvalue weighted by Crippen LogP contribution is -2.44. The van der Waals surface area contributed by atoms with Crippen LogP contribution in [0.1, 0.15) is 309 Å². The van der Waals surface area contributed by atoms with Gasteiger partial charge in [0.05, 0.1) is 40.3 Å². The third-order valence-electron chi connectivity index (χ3n) is 13.9. The van der Waals surface area contributed by atoms with Crippen LogP contribution in [-0.2, 0) is 33.3 Å². The van der Waals surface area contributed by atoms with Crippen LogP contribution < -0.4 is 5.11 Å². The highest BCUT2D eigenvalue weighted by Crippen LogP contribution is 2.18. The third kappa shape index (κ3) is 53.9. The van der Waals surface area contributed by atoms with Gasteiger partial charge in [0.2, 0.25) is 0 Å². The zero-order valence-corrected chi connectivity index (χ0v) is 46.7. The second kappa shape index (κ2) is 52.6. The molecule has 0 saturated heterocycles. The standard InChI is InChI=1S/C60H117NO8/c1-6-8-10-12-14-16-18-20-22-23-24-25-26-27-28-29-30-31-32-33-34-35-37-39-41-43-45-47-49-51-58(63)69-56(55-68-60(59(64)65)66-53-52-61(3,4)5)54-67-57(62)50-48-46-44-42-40-38-36-21-19-17-15-13-11-9-7-2/h56,60H,6-55H2,1-5H3. The van der Waals surface area contributed by atoms with Gasteiger partial charge in [-0.15, -0.1) is 0 Å². The summed E-state index contributed by atoms with van der Waals surface area (Å²) in [6, 6.07) is 0. The Hall–Kier alpha value is -1.71. The number of carboxylic acid groups (broad SMARTS) is 1. The molecule has 0 N–H and O–H groups in total. The topological polar surface area (TPSA) is 111 Å². The maximum atomic E-state index is 12.9. The average molecular weight is 981 g/mol. The molecule has 0 aromatic carbocycles. The zero-order valence-electron chi connectivity index (χ0n) is 46.7. The van der Waals surface area contributed by atoms with Gasteiger partial charge in [0, 0.05) is 12.8 Å². The summed E-state index contributed by atoms with van der Waals surface area (Å²) in [7, 11) is 5.94. The van der Waals surface area contributed by atoms with Crippen molar-refractivity contribution >= 4 is 17.9 Å². The van der Waals surface area contributed by atoms with Crippen molar-refractivity contribution in [3.05, 3.63) is 0 Å². The highest BCUT2D eigenvalue weighted by Gasteiger charge is 2.22. The van der Waals surface area contributed by atoms with E-state index in [0.717, 1.165) is 38.5 Å². The first-order valence-corrected chi connectivity index (χ1v) is 30.2. The van der Waals surface area contributed by atoms with Gasteiger partial charge in [-0.25, -0.2) is 0 Å². The maximum Gasteiger partial charge on any atom is 0.306 e. The molecule has 0 spiro atoms. The van der Waals surface area contributed by atoms with Crippen molar-refractivity contribution in [2.24, 2.45) is 0 Å². The first-order valence-electron chi connectivity index (χ1n) is 30.2. The van der Waals surface area contributed by atoms with Gasteiger partial charge in [0.1, 0.15) is 13.2 Å². The van der Waals surface area contributed by atoms with Crippen LogP contribution >= 0.6 is 0 Å². The van der Waals surface area contributed by atoms with Gasteiger partial charge >= 0.3 is 11.9 Å². The number of esters is 2. The Bertz CT molecular complexity index is 1100. The van der Waals surface area contributed by atoms with E-state index in [9.17, 15) is 19.5 Å². The Morgan fingerprint density at radius 2 is 0.652 bits per heavy atom. The van der Waals surface area contributed by atoms with Crippen molar-refractivity contribution in [3.63, 3.8) is 0 Å². The Balaban J connectivity index is 4.08. The van der Waals surface area contributed by atoms with E-state index in [0.29, 0.717) is 17.4 Å². The normalized spacial score (nSPS) is 12.7. The molecule has 0 rings (SSSR count). The van der Waals surface area contributed by atoms with Gasteiger partial charge in [-0.1, -0.05) is 284 Å². The van der Waals surface area contributed by atoms with Gasteiger partial charge in [-0.2, -0.15) is 0 Å². The lowest BCUT2D eigenvalue weighted by molar-refractivity contribution is -0.870. The predicted octanol–water partition coefficient (Wildman–Crippen LogP) is 16.2. The third-order valence-corrected chi connectivity index (χ3v) is 13.9. The fourth-order valence-corrected chi connectivity index (χ4v) is 9.19. The molecule has 0 radical (unpaired) electrons. The van der Waals surface area contributed by atoms with Crippen LogP contribution in [0.25, 0.3) is 0 Å². The Labute approximate surface area is 428 Å². The molecule has 0 heterocycles. The van der Waals surface area contributed by atoms with Gasteiger partial charge in [-0.05, 0) is 12.8 Å². The minimum atomic E-state index is -1.61. The fourth-order valence-electron chi connectivity index (χ4n) is 9.19. The smallest absolute Gasteiger partial charge is 0.306 e. The van der Waals surface area contributed by atoms with Crippen molar-refractivity contribution < 1.29 is 42.9 Å². The van der Waals surface area contributed by atoms with E-state index in [2.05, 4.69) is 13.8 Å². The quantitative estimate of drug-likeness (QED) is 0.0256. The summed E-state index contributed by atoms with van der Waals surface area (Å²) in [5.74, 6) is -2.25. The lowest BCUT2D eigenvalue weighted by atomic mass is 10.0. The molecule has 0 saturated carbocycles. The van der Waals surface area contributed by atoms with Gasteiger partial charge in [0.15, 0.2) is 12.4 Å². The van der Waals surface area contributed by atoms with Gasteiger partial charge in [0.25, 0.3) is 0 Å². The van der Waals surface area contributed by atoms with E-state index >= 15 is 0 Å². The molecule has 69 heavy (non-hydrogen) atoms. The largest absolute Gasteiger partial charge is 0.545 e. The number of hydrogen-bond donors (Lipinski definition) is 0. The van der Waals surface area contributed by atoms with Crippen LogP contribution in [0.4, 0.5) is 0 Å². The molecular weight excluding hydrogens is 863 g/mol. The van der Waals surface area contributed by atoms with Crippen LogP contribution in [0, 0.1) is 0 Å². The molecule has 2 unspecified atom stereocenters. The van der Waals surface area contributed by atoms with Crippen molar-refractivity contribution in [2.45, 2.75) is 322 Å². The summed E-state index contributed by atoms with van der Waals surface area (Å²) in [6.45, 7) is 4.81.